The molecule has 2 unspecified atom stereocenters. The van der Waals surface area contributed by atoms with Crippen LogP contribution in [0.3, 0.4) is 0 Å². The summed E-state index contributed by atoms with van der Waals surface area (Å²) < 4.78 is 36.2. The molecule has 2 atom stereocenters. The van der Waals surface area contributed by atoms with Gasteiger partial charge < -0.3 is 10.4 Å². The Balaban J connectivity index is 2.18. The highest BCUT2D eigenvalue weighted by Gasteiger charge is 2.48. The van der Waals surface area contributed by atoms with E-state index >= 15 is 0 Å². The van der Waals surface area contributed by atoms with Crippen molar-refractivity contribution in [3.63, 3.8) is 0 Å². The molecule has 0 aliphatic heterocycles. The molecule has 1 aromatic carbocycles. The molecule has 0 heterocycles. The van der Waals surface area contributed by atoms with Crippen molar-refractivity contribution < 1.29 is 27.5 Å². The van der Waals surface area contributed by atoms with Gasteiger partial charge in [0.15, 0.2) is 9.84 Å². The third-order valence-corrected chi connectivity index (χ3v) is 4.18. The molecule has 1 fully saturated rings. The highest BCUT2D eigenvalue weighted by atomic mass is 32.2. The number of carbonyl (C=O) groups excluding carboxylic acids is 1. The summed E-state index contributed by atoms with van der Waals surface area (Å²) in [6.45, 7) is 0. The van der Waals surface area contributed by atoms with Gasteiger partial charge >= 0.3 is 5.97 Å². The number of hydrogen-bond donors (Lipinski definition) is 2. The van der Waals surface area contributed by atoms with Gasteiger partial charge in [0, 0.05) is 6.26 Å². The lowest BCUT2D eigenvalue weighted by molar-refractivity contribution is -0.139. The summed E-state index contributed by atoms with van der Waals surface area (Å²) in [6, 6.07) is 3.05. The van der Waals surface area contributed by atoms with Gasteiger partial charge in [0.25, 0.3) is 0 Å². The van der Waals surface area contributed by atoms with Crippen molar-refractivity contribution in [2.24, 2.45) is 11.8 Å². The van der Waals surface area contributed by atoms with Crippen LogP contribution in [0.2, 0.25) is 0 Å². The van der Waals surface area contributed by atoms with E-state index in [1.165, 1.54) is 0 Å². The molecule has 1 aromatic rings. The molecule has 0 aromatic heterocycles. The van der Waals surface area contributed by atoms with E-state index in [0.29, 0.717) is 0 Å². The SMILES string of the molecule is CS(=O)(=O)c1ccc(F)c(NC(=O)C2CC2C(=O)O)c1. The normalized spacial score (nSPS) is 21.3. The Morgan fingerprint density at radius 2 is 2.00 bits per heavy atom. The second-order valence-electron chi connectivity index (χ2n) is 4.69. The first-order chi connectivity index (χ1) is 9.20. The summed E-state index contributed by atoms with van der Waals surface area (Å²) >= 11 is 0. The van der Waals surface area contributed by atoms with Crippen LogP contribution < -0.4 is 5.32 Å². The van der Waals surface area contributed by atoms with Gasteiger partial charge in [-0.1, -0.05) is 0 Å². The number of carbonyl (C=O) groups is 2. The van der Waals surface area contributed by atoms with E-state index in [9.17, 15) is 22.4 Å². The fourth-order valence-electron chi connectivity index (χ4n) is 1.81. The minimum absolute atomic E-state index is 0.125. The number of carboxylic acids is 1. The van der Waals surface area contributed by atoms with Crippen molar-refractivity contribution in [2.45, 2.75) is 11.3 Å². The second-order valence-corrected chi connectivity index (χ2v) is 6.71. The Labute approximate surface area is 114 Å². The lowest BCUT2D eigenvalue weighted by atomic mass is 10.2. The minimum Gasteiger partial charge on any atom is -0.481 e. The number of amides is 1. The number of benzene rings is 1. The van der Waals surface area contributed by atoms with Gasteiger partial charge in [-0.2, -0.15) is 0 Å². The van der Waals surface area contributed by atoms with Gasteiger partial charge in [0.1, 0.15) is 5.82 Å². The molecule has 8 heteroatoms. The molecule has 0 saturated heterocycles. The summed E-state index contributed by atoms with van der Waals surface area (Å²) in [5.41, 5.74) is -0.269. The summed E-state index contributed by atoms with van der Waals surface area (Å²) in [4.78, 5) is 22.2. The molecule has 0 spiro atoms. The number of nitrogens with one attached hydrogen (secondary N) is 1. The molecule has 1 aliphatic carbocycles. The van der Waals surface area contributed by atoms with E-state index in [0.717, 1.165) is 24.5 Å². The molecule has 20 heavy (non-hydrogen) atoms. The number of hydrogen-bond acceptors (Lipinski definition) is 4. The Bertz CT molecular complexity index is 685. The highest BCUT2D eigenvalue weighted by molar-refractivity contribution is 7.90. The quantitative estimate of drug-likeness (QED) is 0.804. The number of rotatable bonds is 4. The Morgan fingerprint density at radius 1 is 1.35 bits per heavy atom. The van der Waals surface area contributed by atoms with Crippen molar-refractivity contribution >= 4 is 27.4 Å². The van der Waals surface area contributed by atoms with E-state index in [1.54, 1.807) is 0 Å². The second kappa shape index (κ2) is 4.86. The molecule has 1 aliphatic rings. The largest absolute Gasteiger partial charge is 0.481 e. The predicted octanol–water partition coefficient (Wildman–Crippen LogP) is 0.888. The van der Waals surface area contributed by atoms with Crippen LogP contribution >= 0.6 is 0 Å². The van der Waals surface area contributed by atoms with Crippen LogP contribution in [0.5, 0.6) is 0 Å². The number of anilines is 1. The van der Waals surface area contributed by atoms with Crippen molar-refractivity contribution in [1.29, 1.82) is 0 Å². The average molecular weight is 301 g/mol. The standard InChI is InChI=1S/C12H12FNO5S/c1-20(18,19)6-2-3-9(13)10(4-6)14-11(15)7-5-8(7)12(16)17/h2-4,7-8H,5H2,1H3,(H,14,15)(H,16,17). The zero-order valence-corrected chi connectivity index (χ0v) is 11.3. The third kappa shape index (κ3) is 2.96. The first-order valence-electron chi connectivity index (χ1n) is 5.73. The number of carboxylic acid groups (broad SMARTS) is 1. The fourth-order valence-corrected chi connectivity index (χ4v) is 2.46. The number of halogens is 1. The fraction of sp³-hybridized carbons (Fsp3) is 0.333. The number of aliphatic carboxylic acids is 1. The smallest absolute Gasteiger partial charge is 0.307 e. The van der Waals surface area contributed by atoms with Crippen LogP contribution in [0.25, 0.3) is 0 Å². The van der Waals surface area contributed by atoms with Gasteiger partial charge in [0.2, 0.25) is 5.91 Å². The summed E-state index contributed by atoms with van der Waals surface area (Å²) in [5.74, 6) is -3.93. The number of sulfone groups is 1. The van der Waals surface area contributed by atoms with Crippen LogP contribution in [-0.2, 0) is 19.4 Å². The lowest BCUT2D eigenvalue weighted by Crippen LogP contribution is -2.18. The maximum atomic E-state index is 13.5. The Kier molecular flexibility index (Phi) is 3.51. The van der Waals surface area contributed by atoms with Gasteiger partial charge in [-0.3, -0.25) is 9.59 Å². The topological polar surface area (TPSA) is 101 Å². The van der Waals surface area contributed by atoms with Crippen LogP contribution in [0.15, 0.2) is 23.1 Å². The Hall–Kier alpha value is -1.96. The first kappa shape index (κ1) is 14.4. The van der Waals surface area contributed by atoms with Crippen LogP contribution in [0.4, 0.5) is 10.1 Å². The molecular weight excluding hydrogens is 289 g/mol. The summed E-state index contributed by atoms with van der Waals surface area (Å²) in [5, 5.41) is 10.9. The van der Waals surface area contributed by atoms with Crippen LogP contribution in [-0.4, -0.2) is 31.7 Å². The third-order valence-electron chi connectivity index (χ3n) is 3.07. The maximum absolute atomic E-state index is 13.5. The molecule has 6 nitrogen and oxygen atoms in total. The van der Waals surface area contributed by atoms with Gasteiger partial charge in [0.05, 0.1) is 22.4 Å². The molecular formula is C12H12FNO5S. The molecule has 2 N–H and O–H groups in total. The van der Waals surface area contributed by atoms with Crippen LogP contribution in [0, 0.1) is 17.7 Å². The van der Waals surface area contributed by atoms with Crippen molar-refractivity contribution in [1.82, 2.24) is 0 Å². The Morgan fingerprint density at radius 3 is 2.50 bits per heavy atom. The summed E-state index contributed by atoms with van der Waals surface area (Å²) in [6.07, 6.45) is 1.17. The monoisotopic (exact) mass is 301 g/mol. The predicted molar refractivity (Wildman–Crippen MR) is 67.4 cm³/mol. The minimum atomic E-state index is -3.52. The maximum Gasteiger partial charge on any atom is 0.307 e. The molecule has 108 valence electrons. The highest BCUT2D eigenvalue weighted by Crippen LogP contribution is 2.39. The van der Waals surface area contributed by atoms with Crippen molar-refractivity contribution in [3.05, 3.63) is 24.0 Å². The zero-order valence-electron chi connectivity index (χ0n) is 10.5. The van der Waals surface area contributed by atoms with Gasteiger partial charge in [-0.05, 0) is 24.6 Å². The molecule has 1 saturated carbocycles. The lowest BCUT2D eigenvalue weighted by Gasteiger charge is -2.07. The molecule has 2 rings (SSSR count). The average Bonchev–Trinajstić information content (AvgIpc) is 3.10. The van der Waals surface area contributed by atoms with Gasteiger partial charge in [-0.25, -0.2) is 12.8 Å². The van der Waals surface area contributed by atoms with E-state index in [-0.39, 0.29) is 17.0 Å². The zero-order chi connectivity index (χ0) is 15.1. The summed E-state index contributed by atoms with van der Waals surface area (Å²) in [7, 11) is -3.52. The van der Waals surface area contributed by atoms with Crippen molar-refractivity contribution in [3.8, 4) is 0 Å². The first-order valence-corrected chi connectivity index (χ1v) is 7.62. The molecule has 0 bridgehead atoms. The van der Waals surface area contributed by atoms with E-state index in [2.05, 4.69) is 5.32 Å². The van der Waals surface area contributed by atoms with E-state index in [4.69, 9.17) is 5.11 Å². The van der Waals surface area contributed by atoms with Crippen LogP contribution in [0.1, 0.15) is 6.42 Å². The van der Waals surface area contributed by atoms with Crippen molar-refractivity contribution in [2.75, 3.05) is 11.6 Å². The molecule has 0 radical (unpaired) electrons. The van der Waals surface area contributed by atoms with E-state index < -0.39 is 39.4 Å². The van der Waals surface area contributed by atoms with Gasteiger partial charge in [-0.15, -0.1) is 0 Å². The van der Waals surface area contributed by atoms with E-state index in [1.807, 2.05) is 0 Å². The molecule has 1 amide bonds.